The molecule has 3 nitrogen and oxygen atoms in total. The lowest BCUT2D eigenvalue weighted by atomic mass is 10.1. The van der Waals surface area contributed by atoms with Gasteiger partial charge >= 0.3 is 0 Å². The van der Waals surface area contributed by atoms with E-state index in [1.807, 2.05) is 24.4 Å². The van der Waals surface area contributed by atoms with Crippen LogP contribution in [0.15, 0.2) is 40.9 Å². The largest absolute Gasteiger partial charge is 0.448 e. The first kappa shape index (κ1) is 13.1. The molecule has 2 heterocycles. The summed E-state index contributed by atoms with van der Waals surface area (Å²) in [5, 5.41) is 0.435. The molecule has 0 saturated carbocycles. The molecule has 18 heavy (non-hydrogen) atoms. The molecule has 0 amide bonds. The molecule has 0 aliphatic carbocycles. The fraction of sp³-hybridized carbons (Fsp3) is 0.357. The Labute approximate surface area is 112 Å². The minimum Gasteiger partial charge on any atom is -0.448 e. The maximum absolute atomic E-state index is 5.78. The van der Waals surface area contributed by atoms with E-state index in [-0.39, 0.29) is 6.04 Å². The van der Waals surface area contributed by atoms with E-state index in [9.17, 15) is 0 Å². The van der Waals surface area contributed by atoms with Gasteiger partial charge in [0.25, 0.3) is 0 Å². The second-order valence-corrected chi connectivity index (χ2v) is 4.67. The average Bonchev–Trinajstić information content (AvgIpc) is 2.77. The number of halogens is 1. The molecule has 2 rings (SSSR count). The maximum atomic E-state index is 5.78. The zero-order valence-electron chi connectivity index (χ0n) is 10.6. The molecule has 0 spiro atoms. The van der Waals surface area contributed by atoms with E-state index in [1.165, 1.54) is 0 Å². The number of hydrogen-bond donors (Lipinski definition) is 0. The lowest BCUT2D eigenvalue weighted by Crippen LogP contribution is -2.24. The first-order valence-corrected chi connectivity index (χ1v) is 6.44. The summed E-state index contributed by atoms with van der Waals surface area (Å²) < 4.78 is 5.39. The molecular formula is C14H17ClN2O. The van der Waals surface area contributed by atoms with E-state index in [1.54, 1.807) is 6.07 Å². The highest BCUT2D eigenvalue weighted by molar-refractivity contribution is 6.28. The highest BCUT2D eigenvalue weighted by Gasteiger charge is 2.17. The summed E-state index contributed by atoms with van der Waals surface area (Å²) in [4.78, 5) is 6.64. The molecule has 2 aromatic rings. The smallest absolute Gasteiger partial charge is 0.193 e. The summed E-state index contributed by atoms with van der Waals surface area (Å²) in [6.07, 6.45) is 2.83. The van der Waals surface area contributed by atoms with Gasteiger partial charge in [0.2, 0.25) is 0 Å². The van der Waals surface area contributed by atoms with Crippen molar-refractivity contribution in [2.24, 2.45) is 0 Å². The summed E-state index contributed by atoms with van der Waals surface area (Å²) in [6.45, 7) is 2.88. The van der Waals surface area contributed by atoms with Crippen LogP contribution in [-0.2, 0) is 6.54 Å². The van der Waals surface area contributed by atoms with Crippen molar-refractivity contribution in [2.45, 2.75) is 25.9 Å². The van der Waals surface area contributed by atoms with Crippen molar-refractivity contribution in [3.05, 3.63) is 53.2 Å². The van der Waals surface area contributed by atoms with Gasteiger partial charge in [-0.1, -0.05) is 13.0 Å². The summed E-state index contributed by atoms with van der Waals surface area (Å²) in [5.74, 6) is 0.872. The minimum absolute atomic E-state index is 0.287. The number of nitrogens with zero attached hydrogens (tertiary/aromatic N) is 2. The predicted octanol–water partition coefficient (Wildman–Crippen LogP) is 3.91. The van der Waals surface area contributed by atoms with Crippen LogP contribution in [0.25, 0.3) is 0 Å². The van der Waals surface area contributed by atoms with Gasteiger partial charge in [0.1, 0.15) is 5.76 Å². The molecule has 0 aliphatic heterocycles. The lowest BCUT2D eigenvalue weighted by Gasteiger charge is -2.25. The molecule has 0 saturated heterocycles. The number of aromatic nitrogens is 1. The number of furan rings is 1. The zero-order chi connectivity index (χ0) is 13.0. The first-order valence-electron chi connectivity index (χ1n) is 6.06. The predicted molar refractivity (Wildman–Crippen MR) is 72.5 cm³/mol. The third-order valence-corrected chi connectivity index (χ3v) is 3.19. The van der Waals surface area contributed by atoms with Crippen LogP contribution < -0.4 is 0 Å². The normalized spacial score (nSPS) is 12.9. The molecule has 0 N–H and O–H groups in total. The van der Waals surface area contributed by atoms with E-state index < -0.39 is 0 Å². The van der Waals surface area contributed by atoms with E-state index in [4.69, 9.17) is 16.0 Å². The molecule has 1 atom stereocenters. The van der Waals surface area contributed by atoms with Crippen LogP contribution in [0.3, 0.4) is 0 Å². The van der Waals surface area contributed by atoms with Crippen LogP contribution in [0.2, 0.25) is 5.22 Å². The van der Waals surface area contributed by atoms with Crippen LogP contribution in [0.1, 0.15) is 30.8 Å². The Hall–Kier alpha value is -1.32. The van der Waals surface area contributed by atoms with Crippen LogP contribution in [0, 0.1) is 0 Å². The van der Waals surface area contributed by atoms with Crippen LogP contribution in [0.4, 0.5) is 0 Å². The minimum atomic E-state index is 0.287. The zero-order valence-corrected chi connectivity index (χ0v) is 11.4. The summed E-state index contributed by atoms with van der Waals surface area (Å²) >= 11 is 5.78. The van der Waals surface area contributed by atoms with Gasteiger partial charge in [-0.2, -0.15) is 0 Å². The van der Waals surface area contributed by atoms with Crippen molar-refractivity contribution in [3.63, 3.8) is 0 Å². The molecule has 96 valence electrons. The highest BCUT2D eigenvalue weighted by Crippen LogP contribution is 2.23. The van der Waals surface area contributed by atoms with E-state index >= 15 is 0 Å². The van der Waals surface area contributed by atoms with Crippen molar-refractivity contribution in [1.29, 1.82) is 0 Å². The van der Waals surface area contributed by atoms with Crippen molar-refractivity contribution in [2.75, 3.05) is 7.05 Å². The van der Waals surface area contributed by atoms with Gasteiger partial charge in [-0.25, -0.2) is 0 Å². The van der Waals surface area contributed by atoms with Crippen molar-refractivity contribution in [3.8, 4) is 0 Å². The third kappa shape index (κ3) is 3.12. The maximum Gasteiger partial charge on any atom is 0.193 e. The Morgan fingerprint density at radius 3 is 2.72 bits per heavy atom. The van der Waals surface area contributed by atoms with Crippen molar-refractivity contribution < 1.29 is 4.42 Å². The second kappa shape index (κ2) is 6.03. The van der Waals surface area contributed by atoms with Crippen molar-refractivity contribution >= 4 is 11.6 Å². The number of pyridine rings is 1. The highest BCUT2D eigenvalue weighted by atomic mass is 35.5. The Balaban J connectivity index is 2.08. The van der Waals surface area contributed by atoms with Gasteiger partial charge in [-0.15, -0.1) is 0 Å². The summed E-state index contributed by atoms with van der Waals surface area (Å²) in [5.41, 5.74) is 1.08. The topological polar surface area (TPSA) is 29.3 Å². The third-order valence-electron chi connectivity index (χ3n) is 2.98. The van der Waals surface area contributed by atoms with Gasteiger partial charge < -0.3 is 4.42 Å². The second-order valence-electron chi connectivity index (χ2n) is 4.30. The van der Waals surface area contributed by atoms with Crippen LogP contribution in [0.5, 0.6) is 0 Å². The quantitative estimate of drug-likeness (QED) is 0.820. The fourth-order valence-electron chi connectivity index (χ4n) is 2.11. The molecule has 0 fully saturated rings. The van der Waals surface area contributed by atoms with Crippen LogP contribution >= 0.6 is 11.6 Å². The monoisotopic (exact) mass is 264 g/mol. The number of hydrogen-bond acceptors (Lipinski definition) is 3. The molecule has 0 aromatic carbocycles. The molecule has 0 bridgehead atoms. The van der Waals surface area contributed by atoms with Gasteiger partial charge in [0.05, 0.1) is 18.3 Å². The van der Waals surface area contributed by atoms with E-state index in [0.717, 1.165) is 24.4 Å². The average molecular weight is 265 g/mol. The first-order chi connectivity index (χ1) is 8.70. The molecule has 0 aliphatic rings. The molecule has 0 unspecified atom stereocenters. The van der Waals surface area contributed by atoms with Gasteiger partial charge in [-0.05, 0) is 49.3 Å². The lowest BCUT2D eigenvalue weighted by molar-refractivity contribution is 0.209. The van der Waals surface area contributed by atoms with Gasteiger partial charge in [0, 0.05) is 6.20 Å². The molecule has 4 heteroatoms. The van der Waals surface area contributed by atoms with Crippen molar-refractivity contribution in [1.82, 2.24) is 9.88 Å². The Bertz CT molecular complexity index is 484. The van der Waals surface area contributed by atoms with E-state index in [0.29, 0.717) is 5.22 Å². The summed E-state index contributed by atoms with van der Waals surface area (Å²) in [7, 11) is 2.07. The molecule has 2 aromatic heterocycles. The Morgan fingerprint density at radius 1 is 1.33 bits per heavy atom. The SMILES string of the molecule is CC[C@@H](c1ccccn1)N(C)Cc1ccc(Cl)o1. The van der Waals surface area contributed by atoms with Crippen LogP contribution in [-0.4, -0.2) is 16.9 Å². The standard InChI is InChI=1S/C14H17ClN2O/c1-3-13(12-6-4-5-9-16-12)17(2)10-11-7-8-14(15)18-11/h4-9,13H,3,10H2,1-2H3/t13-/m0/s1. The Morgan fingerprint density at radius 2 is 2.17 bits per heavy atom. The molecule has 0 radical (unpaired) electrons. The summed E-state index contributed by atoms with van der Waals surface area (Å²) in [6, 6.07) is 9.97. The fourth-order valence-corrected chi connectivity index (χ4v) is 2.27. The Kier molecular flexibility index (Phi) is 4.39. The van der Waals surface area contributed by atoms with Gasteiger partial charge in [-0.3, -0.25) is 9.88 Å². The van der Waals surface area contributed by atoms with E-state index in [2.05, 4.69) is 29.9 Å². The number of rotatable bonds is 5. The molecular weight excluding hydrogens is 248 g/mol. The van der Waals surface area contributed by atoms with Gasteiger partial charge in [0.15, 0.2) is 5.22 Å².